The van der Waals surface area contributed by atoms with Gasteiger partial charge in [-0.15, -0.1) is 5.10 Å². The monoisotopic (exact) mass is 391 g/mol. The first-order valence-corrected chi connectivity index (χ1v) is 9.36. The van der Waals surface area contributed by atoms with E-state index < -0.39 is 0 Å². The van der Waals surface area contributed by atoms with Crippen molar-refractivity contribution in [1.82, 2.24) is 20.5 Å². The largest absolute Gasteiger partial charge is 0.497 e. The number of benzene rings is 2. The number of amides is 2. The zero-order valence-corrected chi connectivity index (χ0v) is 15.9. The third kappa shape index (κ3) is 4.26. The van der Waals surface area contributed by atoms with Gasteiger partial charge in [0, 0.05) is 12.0 Å². The molecule has 0 aliphatic carbocycles. The van der Waals surface area contributed by atoms with Crippen molar-refractivity contribution in [2.45, 2.75) is 25.3 Å². The lowest BCUT2D eigenvalue weighted by Gasteiger charge is -2.10. The van der Waals surface area contributed by atoms with E-state index in [0.29, 0.717) is 17.8 Å². The fourth-order valence-electron chi connectivity index (χ4n) is 3.36. The van der Waals surface area contributed by atoms with E-state index in [-0.39, 0.29) is 30.2 Å². The number of hydrogen-bond acceptors (Lipinski definition) is 5. The number of nitrogens with one attached hydrogen (secondary N) is 3. The number of anilines is 1. The molecule has 0 spiro atoms. The van der Waals surface area contributed by atoms with Crippen LogP contribution in [0.4, 0.5) is 5.95 Å². The number of methoxy groups -OCH3 is 1. The Morgan fingerprint density at radius 1 is 1.14 bits per heavy atom. The Kier molecular flexibility index (Phi) is 5.24. The Bertz CT molecular complexity index is 1030. The maximum Gasteiger partial charge on any atom is 0.252 e. The van der Waals surface area contributed by atoms with Crippen LogP contribution in [0.15, 0.2) is 48.5 Å². The molecule has 2 heterocycles. The fourth-order valence-corrected chi connectivity index (χ4v) is 3.36. The lowest BCUT2D eigenvalue weighted by atomic mass is 10.0. The molecule has 1 aromatic heterocycles. The van der Waals surface area contributed by atoms with E-state index in [4.69, 9.17) is 4.74 Å². The Morgan fingerprint density at radius 3 is 2.72 bits per heavy atom. The highest BCUT2D eigenvalue weighted by Crippen LogP contribution is 2.27. The number of hydrogen-bond donors (Lipinski definition) is 3. The van der Waals surface area contributed by atoms with Crippen LogP contribution in [0.1, 0.15) is 39.8 Å². The van der Waals surface area contributed by atoms with Crippen LogP contribution in [0.25, 0.3) is 0 Å². The summed E-state index contributed by atoms with van der Waals surface area (Å²) in [7, 11) is 1.64. The van der Waals surface area contributed by atoms with Crippen molar-refractivity contribution in [3.05, 3.63) is 71.0 Å². The summed E-state index contributed by atoms with van der Waals surface area (Å²) in [6.45, 7) is 0. The van der Waals surface area contributed by atoms with Crippen molar-refractivity contribution >= 4 is 17.8 Å². The van der Waals surface area contributed by atoms with Gasteiger partial charge in [0.1, 0.15) is 11.6 Å². The van der Waals surface area contributed by atoms with Gasteiger partial charge in [-0.1, -0.05) is 30.3 Å². The maximum absolute atomic E-state index is 12.4. The second kappa shape index (κ2) is 8.14. The SMILES string of the molecule is COc1ccc(CCc2nc(NC(=O)C[C@H]3NC(=O)c4ccccc43)n[nH]2)cc1. The van der Waals surface area contributed by atoms with Gasteiger partial charge in [0.05, 0.1) is 19.6 Å². The summed E-state index contributed by atoms with van der Waals surface area (Å²) in [5, 5.41) is 12.4. The molecule has 2 aromatic carbocycles. The summed E-state index contributed by atoms with van der Waals surface area (Å²) in [5.41, 5.74) is 2.61. The Labute approximate surface area is 167 Å². The van der Waals surface area contributed by atoms with Crippen molar-refractivity contribution in [2.24, 2.45) is 0 Å². The second-order valence-electron chi connectivity index (χ2n) is 6.82. The van der Waals surface area contributed by atoms with E-state index in [1.807, 2.05) is 42.5 Å². The van der Waals surface area contributed by atoms with Gasteiger partial charge in [0.2, 0.25) is 11.9 Å². The number of carbonyl (C=O) groups is 2. The van der Waals surface area contributed by atoms with Crippen LogP contribution < -0.4 is 15.4 Å². The molecule has 1 aliphatic rings. The Morgan fingerprint density at radius 2 is 1.93 bits per heavy atom. The first-order valence-electron chi connectivity index (χ1n) is 9.36. The summed E-state index contributed by atoms with van der Waals surface area (Å²) >= 11 is 0. The van der Waals surface area contributed by atoms with Crippen molar-refractivity contribution in [3.8, 4) is 5.75 Å². The van der Waals surface area contributed by atoms with Gasteiger partial charge in [-0.25, -0.2) is 0 Å². The van der Waals surface area contributed by atoms with Crippen molar-refractivity contribution in [1.29, 1.82) is 0 Å². The van der Waals surface area contributed by atoms with Gasteiger partial charge in [-0.2, -0.15) is 4.98 Å². The number of H-pyrrole nitrogens is 1. The Balaban J connectivity index is 1.31. The number of nitrogens with zero attached hydrogens (tertiary/aromatic N) is 2. The summed E-state index contributed by atoms with van der Waals surface area (Å²) in [4.78, 5) is 28.7. The number of ether oxygens (including phenoxy) is 1. The normalized spacial score (nSPS) is 14.9. The Hall–Kier alpha value is -3.68. The molecular weight excluding hydrogens is 370 g/mol. The highest BCUT2D eigenvalue weighted by molar-refractivity contribution is 6.00. The minimum Gasteiger partial charge on any atom is -0.497 e. The highest BCUT2D eigenvalue weighted by Gasteiger charge is 2.29. The summed E-state index contributed by atoms with van der Waals surface area (Å²) < 4.78 is 5.15. The van der Waals surface area contributed by atoms with Crippen LogP contribution in [-0.4, -0.2) is 34.1 Å². The summed E-state index contributed by atoms with van der Waals surface area (Å²) in [6, 6.07) is 14.8. The molecule has 148 valence electrons. The van der Waals surface area contributed by atoms with E-state index in [2.05, 4.69) is 25.8 Å². The van der Waals surface area contributed by atoms with Gasteiger partial charge in [-0.3, -0.25) is 20.0 Å². The minimum absolute atomic E-state index is 0.123. The summed E-state index contributed by atoms with van der Waals surface area (Å²) in [6.07, 6.45) is 1.58. The highest BCUT2D eigenvalue weighted by atomic mass is 16.5. The number of aromatic amines is 1. The standard InChI is InChI=1S/C21H21N5O3/c1-29-14-9-6-13(7-10-14)8-11-18-23-21(26-25-18)24-19(27)12-17-15-4-2-3-5-16(15)20(28)22-17/h2-7,9-10,17H,8,11-12H2,1H3,(H,22,28)(H2,23,24,25,26,27)/t17-/m1/s1. The van der Waals surface area contributed by atoms with Gasteiger partial charge in [-0.05, 0) is 35.7 Å². The third-order valence-electron chi connectivity index (χ3n) is 4.87. The molecule has 0 bridgehead atoms. The van der Waals surface area contributed by atoms with Crippen LogP contribution >= 0.6 is 0 Å². The van der Waals surface area contributed by atoms with Gasteiger partial charge < -0.3 is 10.1 Å². The molecule has 0 unspecified atom stereocenters. The zero-order valence-electron chi connectivity index (χ0n) is 15.9. The molecule has 0 saturated carbocycles. The number of fused-ring (bicyclic) bond motifs is 1. The molecule has 0 radical (unpaired) electrons. The number of aryl methyl sites for hydroxylation is 2. The molecule has 1 aliphatic heterocycles. The third-order valence-corrected chi connectivity index (χ3v) is 4.87. The molecule has 3 N–H and O–H groups in total. The molecule has 4 rings (SSSR count). The molecule has 1 atom stereocenters. The van der Waals surface area contributed by atoms with E-state index >= 15 is 0 Å². The average molecular weight is 391 g/mol. The van der Waals surface area contributed by atoms with Crippen LogP contribution in [0.2, 0.25) is 0 Å². The molecule has 8 nitrogen and oxygen atoms in total. The number of aromatic nitrogens is 3. The predicted molar refractivity (Wildman–Crippen MR) is 107 cm³/mol. The molecular formula is C21H21N5O3. The lowest BCUT2D eigenvalue weighted by molar-refractivity contribution is -0.116. The first-order chi connectivity index (χ1) is 14.1. The minimum atomic E-state index is -0.341. The van der Waals surface area contributed by atoms with E-state index in [0.717, 1.165) is 23.3 Å². The zero-order chi connectivity index (χ0) is 20.2. The van der Waals surface area contributed by atoms with Gasteiger partial charge in [0.25, 0.3) is 5.91 Å². The van der Waals surface area contributed by atoms with Crippen molar-refractivity contribution in [3.63, 3.8) is 0 Å². The van der Waals surface area contributed by atoms with E-state index in [1.165, 1.54) is 0 Å². The van der Waals surface area contributed by atoms with E-state index in [9.17, 15) is 9.59 Å². The quantitative estimate of drug-likeness (QED) is 0.573. The van der Waals surface area contributed by atoms with E-state index in [1.54, 1.807) is 13.2 Å². The number of rotatable bonds is 7. The topological polar surface area (TPSA) is 109 Å². The van der Waals surface area contributed by atoms with Crippen LogP contribution in [0, 0.1) is 0 Å². The fraction of sp³-hybridized carbons (Fsp3) is 0.238. The second-order valence-corrected chi connectivity index (χ2v) is 6.82. The van der Waals surface area contributed by atoms with Crippen LogP contribution in [0.3, 0.4) is 0 Å². The van der Waals surface area contributed by atoms with Crippen molar-refractivity contribution in [2.75, 3.05) is 12.4 Å². The average Bonchev–Trinajstić information content (AvgIpc) is 3.31. The number of carbonyl (C=O) groups excluding carboxylic acids is 2. The first kappa shape index (κ1) is 18.7. The van der Waals surface area contributed by atoms with Gasteiger partial charge in [0.15, 0.2) is 0 Å². The lowest BCUT2D eigenvalue weighted by Crippen LogP contribution is -2.24. The van der Waals surface area contributed by atoms with Crippen LogP contribution in [-0.2, 0) is 17.6 Å². The predicted octanol–water partition coefficient (Wildman–Crippen LogP) is 2.41. The van der Waals surface area contributed by atoms with Crippen LogP contribution in [0.5, 0.6) is 5.75 Å². The molecule has 3 aromatic rings. The van der Waals surface area contributed by atoms with Crippen molar-refractivity contribution < 1.29 is 14.3 Å². The van der Waals surface area contributed by atoms with Gasteiger partial charge >= 0.3 is 0 Å². The summed E-state index contributed by atoms with van der Waals surface area (Å²) in [5.74, 6) is 1.33. The maximum atomic E-state index is 12.4. The molecule has 29 heavy (non-hydrogen) atoms. The molecule has 8 heteroatoms. The molecule has 2 amide bonds. The molecule has 0 fully saturated rings. The smallest absolute Gasteiger partial charge is 0.252 e. The molecule has 0 saturated heterocycles.